The van der Waals surface area contributed by atoms with E-state index in [0.717, 1.165) is 6.26 Å². The van der Waals surface area contributed by atoms with Crippen LogP contribution in [0.5, 0.6) is 0 Å². The van der Waals surface area contributed by atoms with Crippen LogP contribution in [0.15, 0.2) is 12.1 Å². The monoisotopic (exact) mass is 319 g/mol. The zero-order valence-corrected chi connectivity index (χ0v) is 13.2. The molecule has 0 aliphatic carbocycles. The van der Waals surface area contributed by atoms with Gasteiger partial charge in [-0.1, -0.05) is 11.6 Å². The molecule has 1 atom stereocenters. The summed E-state index contributed by atoms with van der Waals surface area (Å²) in [5, 5.41) is 5.76. The molecule has 0 spiro atoms. The first-order valence-electron chi connectivity index (χ1n) is 6.12. The molecule has 1 heterocycles. The Hall–Kier alpha value is -1.34. The van der Waals surface area contributed by atoms with E-state index in [1.54, 1.807) is 19.1 Å². The van der Waals surface area contributed by atoms with E-state index >= 15 is 0 Å². The number of sulfone groups is 1. The van der Waals surface area contributed by atoms with Crippen molar-refractivity contribution >= 4 is 33.2 Å². The second-order valence-electron chi connectivity index (χ2n) is 4.52. The predicted octanol–water partition coefficient (Wildman–Crippen LogP) is 1.33. The van der Waals surface area contributed by atoms with Gasteiger partial charge in [0.1, 0.15) is 21.3 Å². The number of hydrogen-bond donors (Lipinski definition) is 2. The number of rotatable bonds is 6. The molecule has 8 heteroatoms. The minimum atomic E-state index is -3.16. The first kappa shape index (κ1) is 16.7. The topological polar surface area (TPSA) is 88.2 Å². The van der Waals surface area contributed by atoms with Crippen molar-refractivity contribution in [3.8, 4) is 0 Å². The zero-order chi connectivity index (χ0) is 15.3. The Bertz CT molecular complexity index is 590. The van der Waals surface area contributed by atoms with E-state index in [1.165, 1.54) is 0 Å². The minimum Gasteiger partial charge on any atom is -0.370 e. The van der Waals surface area contributed by atoms with E-state index in [-0.39, 0.29) is 16.5 Å². The van der Waals surface area contributed by atoms with Gasteiger partial charge in [0.2, 0.25) is 0 Å². The minimum absolute atomic E-state index is 0.0745. The second kappa shape index (κ2) is 6.90. The van der Waals surface area contributed by atoms with Crippen molar-refractivity contribution in [2.45, 2.75) is 19.9 Å². The molecular weight excluding hydrogens is 302 g/mol. The average Bonchev–Trinajstić information content (AvgIpc) is 2.29. The highest BCUT2D eigenvalue weighted by Gasteiger charge is 2.18. The largest absolute Gasteiger partial charge is 0.370 e. The summed E-state index contributed by atoms with van der Waals surface area (Å²) in [5.74, 6) is -0.0905. The number of carbonyl (C=O) groups is 1. The van der Waals surface area contributed by atoms with Gasteiger partial charge < -0.3 is 10.6 Å². The van der Waals surface area contributed by atoms with E-state index in [0.29, 0.717) is 12.4 Å². The molecular formula is C12H18ClN3O3S. The molecule has 20 heavy (non-hydrogen) atoms. The first-order valence-corrected chi connectivity index (χ1v) is 8.55. The Morgan fingerprint density at radius 2 is 2.10 bits per heavy atom. The molecule has 1 unspecified atom stereocenters. The lowest BCUT2D eigenvalue weighted by Gasteiger charge is -2.13. The smallest absolute Gasteiger partial charge is 0.271 e. The fraction of sp³-hybridized carbons (Fsp3) is 0.500. The number of nitrogens with one attached hydrogen (secondary N) is 2. The highest BCUT2D eigenvalue weighted by molar-refractivity contribution is 7.90. The summed E-state index contributed by atoms with van der Waals surface area (Å²) in [6.45, 7) is 4.19. The van der Waals surface area contributed by atoms with Crippen LogP contribution in [0.2, 0.25) is 5.02 Å². The SMILES string of the molecule is CCNc1ccc(Cl)c(C(=O)NC(C)CS(C)(=O)=O)n1. The van der Waals surface area contributed by atoms with Gasteiger partial charge in [-0.25, -0.2) is 13.4 Å². The number of anilines is 1. The number of hydrogen-bond acceptors (Lipinski definition) is 5. The number of amides is 1. The summed E-state index contributed by atoms with van der Waals surface area (Å²) in [6, 6.07) is 2.73. The molecule has 0 fully saturated rings. The van der Waals surface area contributed by atoms with Gasteiger partial charge in [0.05, 0.1) is 10.8 Å². The summed E-state index contributed by atoms with van der Waals surface area (Å²) in [6.07, 6.45) is 1.12. The van der Waals surface area contributed by atoms with E-state index in [4.69, 9.17) is 11.6 Å². The van der Waals surface area contributed by atoms with Crippen LogP contribution in [0.4, 0.5) is 5.82 Å². The standard InChI is InChI=1S/C12H18ClN3O3S/c1-4-14-10-6-5-9(13)11(16-10)12(17)15-8(2)7-20(3,18)19/h5-6,8H,4,7H2,1-3H3,(H,14,16)(H,15,17). The lowest BCUT2D eigenvalue weighted by molar-refractivity contribution is 0.0939. The Balaban J connectivity index is 2.84. The highest BCUT2D eigenvalue weighted by atomic mass is 35.5. The number of aromatic nitrogens is 1. The van der Waals surface area contributed by atoms with E-state index in [2.05, 4.69) is 15.6 Å². The van der Waals surface area contributed by atoms with Gasteiger partial charge in [0.25, 0.3) is 5.91 Å². The molecule has 0 aromatic carbocycles. The molecule has 0 bridgehead atoms. The summed E-state index contributed by atoms with van der Waals surface area (Å²) in [5.41, 5.74) is 0.0745. The average molecular weight is 320 g/mol. The Morgan fingerprint density at radius 3 is 2.65 bits per heavy atom. The molecule has 0 saturated carbocycles. The quantitative estimate of drug-likeness (QED) is 0.826. The van der Waals surface area contributed by atoms with Gasteiger partial charge in [-0.05, 0) is 26.0 Å². The maximum Gasteiger partial charge on any atom is 0.271 e. The van der Waals surface area contributed by atoms with E-state index in [1.807, 2.05) is 6.92 Å². The van der Waals surface area contributed by atoms with Crippen LogP contribution >= 0.6 is 11.6 Å². The van der Waals surface area contributed by atoms with Crippen LogP contribution in [0, 0.1) is 0 Å². The summed E-state index contributed by atoms with van der Waals surface area (Å²) < 4.78 is 22.3. The predicted molar refractivity (Wildman–Crippen MR) is 80.0 cm³/mol. The molecule has 1 amide bonds. The summed E-state index contributed by atoms with van der Waals surface area (Å²) >= 11 is 5.94. The Labute approximate surface area is 123 Å². The van der Waals surface area contributed by atoms with Gasteiger partial charge in [0.15, 0.2) is 0 Å². The van der Waals surface area contributed by atoms with Gasteiger partial charge in [0, 0.05) is 18.8 Å². The highest BCUT2D eigenvalue weighted by Crippen LogP contribution is 2.16. The third-order valence-corrected chi connectivity index (χ3v) is 3.76. The molecule has 0 aliphatic rings. The molecule has 1 aromatic rings. The van der Waals surface area contributed by atoms with Gasteiger partial charge in [-0.15, -0.1) is 0 Å². The van der Waals surface area contributed by atoms with Crippen LogP contribution in [0.1, 0.15) is 24.3 Å². The van der Waals surface area contributed by atoms with Gasteiger partial charge in [-0.2, -0.15) is 0 Å². The summed E-state index contributed by atoms with van der Waals surface area (Å²) in [4.78, 5) is 16.1. The van der Waals surface area contributed by atoms with Crippen molar-refractivity contribution in [3.05, 3.63) is 22.8 Å². The first-order chi connectivity index (χ1) is 9.23. The van der Waals surface area contributed by atoms with Crippen LogP contribution in [0.3, 0.4) is 0 Å². The van der Waals surface area contributed by atoms with Crippen molar-refractivity contribution in [2.75, 3.05) is 23.9 Å². The second-order valence-corrected chi connectivity index (χ2v) is 7.12. The summed E-state index contributed by atoms with van der Waals surface area (Å²) in [7, 11) is -3.16. The molecule has 0 aliphatic heterocycles. The van der Waals surface area contributed by atoms with Crippen molar-refractivity contribution in [2.24, 2.45) is 0 Å². The molecule has 0 saturated heterocycles. The fourth-order valence-corrected chi connectivity index (χ4v) is 2.85. The Morgan fingerprint density at radius 1 is 1.45 bits per heavy atom. The molecule has 1 aromatic heterocycles. The normalized spacial score (nSPS) is 12.8. The van der Waals surface area contributed by atoms with E-state index in [9.17, 15) is 13.2 Å². The Kier molecular flexibility index (Phi) is 5.76. The van der Waals surface area contributed by atoms with Crippen LogP contribution in [-0.2, 0) is 9.84 Å². The molecule has 6 nitrogen and oxygen atoms in total. The number of carbonyl (C=O) groups excluding carboxylic acids is 1. The van der Waals surface area contributed by atoms with Crippen LogP contribution in [0.25, 0.3) is 0 Å². The maximum absolute atomic E-state index is 12.0. The van der Waals surface area contributed by atoms with Crippen molar-refractivity contribution in [3.63, 3.8) is 0 Å². The van der Waals surface area contributed by atoms with Crippen molar-refractivity contribution < 1.29 is 13.2 Å². The molecule has 2 N–H and O–H groups in total. The van der Waals surface area contributed by atoms with Crippen molar-refractivity contribution in [1.29, 1.82) is 0 Å². The van der Waals surface area contributed by atoms with Gasteiger partial charge >= 0.3 is 0 Å². The molecule has 1 rings (SSSR count). The number of pyridine rings is 1. The fourth-order valence-electron chi connectivity index (χ4n) is 1.67. The third kappa shape index (κ3) is 5.34. The number of nitrogens with zero attached hydrogens (tertiary/aromatic N) is 1. The van der Waals surface area contributed by atoms with Gasteiger partial charge in [-0.3, -0.25) is 4.79 Å². The third-order valence-electron chi connectivity index (χ3n) is 2.35. The van der Waals surface area contributed by atoms with Crippen LogP contribution < -0.4 is 10.6 Å². The van der Waals surface area contributed by atoms with E-state index < -0.39 is 21.8 Å². The lowest BCUT2D eigenvalue weighted by Crippen LogP contribution is -2.37. The number of halogens is 1. The zero-order valence-electron chi connectivity index (χ0n) is 11.6. The molecule has 0 radical (unpaired) electrons. The molecule has 112 valence electrons. The van der Waals surface area contributed by atoms with Crippen molar-refractivity contribution in [1.82, 2.24) is 10.3 Å². The van der Waals surface area contributed by atoms with Crippen LogP contribution in [-0.4, -0.2) is 43.9 Å². The lowest BCUT2D eigenvalue weighted by atomic mass is 10.3. The maximum atomic E-state index is 12.0.